The quantitative estimate of drug-likeness (QED) is 0.680. The number of halogens is 1. The van der Waals surface area contributed by atoms with Crippen LogP contribution in [0.1, 0.15) is 5.69 Å². The molecule has 2 heterocycles. The molecular formula is C15H14BrN2O-. The van der Waals surface area contributed by atoms with Crippen LogP contribution >= 0.6 is 0 Å². The van der Waals surface area contributed by atoms with Crippen molar-refractivity contribution in [1.29, 1.82) is 0 Å². The summed E-state index contributed by atoms with van der Waals surface area (Å²) in [4.78, 5) is 4.62. The average molecular weight is 318 g/mol. The zero-order valence-electron chi connectivity index (χ0n) is 10.8. The van der Waals surface area contributed by atoms with E-state index < -0.39 is 0 Å². The summed E-state index contributed by atoms with van der Waals surface area (Å²) < 4.78 is 7.25. The Bertz CT molecular complexity index is 689. The molecular weight excluding hydrogens is 304 g/mol. The average Bonchev–Trinajstić information content (AvgIpc) is 2.84. The molecule has 3 aromatic rings. The SMILES string of the molecule is COc1ccc(-c2cn3c(C)cccc3n2)cc1.[Br-]. The molecule has 0 aliphatic carbocycles. The second kappa shape index (κ2) is 5.45. The lowest BCUT2D eigenvalue weighted by Crippen LogP contribution is -3.00. The summed E-state index contributed by atoms with van der Waals surface area (Å²) in [5.74, 6) is 0.860. The molecule has 0 atom stereocenters. The highest BCUT2D eigenvalue weighted by Crippen LogP contribution is 2.22. The molecule has 0 aliphatic heterocycles. The van der Waals surface area contributed by atoms with Crippen LogP contribution in [0.4, 0.5) is 0 Å². The Labute approximate surface area is 122 Å². The molecule has 0 aliphatic rings. The topological polar surface area (TPSA) is 26.5 Å². The van der Waals surface area contributed by atoms with Crippen molar-refractivity contribution >= 4 is 5.65 Å². The Hall–Kier alpha value is -1.81. The first kappa shape index (κ1) is 13.6. The summed E-state index contributed by atoms with van der Waals surface area (Å²) in [7, 11) is 1.67. The first-order valence-electron chi connectivity index (χ1n) is 5.87. The lowest BCUT2D eigenvalue weighted by molar-refractivity contribution is -0.00000409. The van der Waals surface area contributed by atoms with Gasteiger partial charge < -0.3 is 26.1 Å². The van der Waals surface area contributed by atoms with Crippen LogP contribution in [0, 0.1) is 6.92 Å². The minimum Gasteiger partial charge on any atom is -1.00 e. The molecule has 2 aromatic heterocycles. The van der Waals surface area contributed by atoms with Gasteiger partial charge in [0.05, 0.1) is 12.8 Å². The first-order chi connectivity index (χ1) is 8.78. The van der Waals surface area contributed by atoms with Gasteiger partial charge in [-0.25, -0.2) is 4.98 Å². The number of hydrogen-bond donors (Lipinski definition) is 0. The summed E-state index contributed by atoms with van der Waals surface area (Å²) in [6.07, 6.45) is 2.06. The molecule has 19 heavy (non-hydrogen) atoms. The maximum Gasteiger partial charge on any atom is 0.137 e. The number of methoxy groups -OCH3 is 1. The van der Waals surface area contributed by atoms with E-state index in [9.17, 15) is 0 Å². The minimum atomic E-state index is 0. The van der Waals surface area contributed by atoms with Gasteiger partial charge in [-0.05, 0) is 43.3 Å². The van der Waals surface area contributed by atoms with E-state index in [1.165, 1.54) is 5.69 Å². The highest BCUT2D eigenvalue weighted by molar-refractivity contribution is 5.63. The van der Waals surface area contributed by atoms with Crippen molar-refractivity contribution in [3.8, 4) is 17.0 Å². The molecule has 3 nitrogen and oxygen atoms in total. The van der Waals surface area contributed by atoms with Crippen molar-refractivity contribution in [2.24, 2.45) is 0 Å². The summed E-state index contributed by atoms with van der Waals surface area (Å²) in [6, 6.07) is 14.1. The second-order valence-electron chi connectivity index (χ2n) is 4.25. The first-order valence-corrected chi connectivity index (χ1v) is 5.87. The Morgan fingerprint density at radius 3 is 2.42 bits per heavy atom. The second-order valence-corrected chi connectivity index (χ2v) is 4.25. The van der Waals surface area contributed by atoms with Crippen LogP contribution in [-0.2, 0) is 0 Å². The predicted octanol–water partition coefficient (Wildman–Crippen LogP) is 0.322. The molecule has 0 fully saturated rings. The van der Waals surface area contributed by atoms with Crippen LogP contribution in [0.15, 0.2) is 48.7 Å². The number of hydrogen-bond acceptors (Lipinski definition) is 2. The van der Waals surface area contributed by atoms with Gasteiger partial charge in [-0.2, -0.15) is 0 Å². The van der Waals surface area contributed by atoms with E-state index in [0.29, 0.717) is 0 Å². The van der Waals surface area contributed by atoms with Gasteiger partial charge in [0.2, 0.25) is 0 Å². The van der Waals surface area contributed by atoms with Gasteiger partial charge in [0.1, 0.15) is 11.4 Å². The van der Waals surface area contributed by atoms with Crippen LogP contribution in [0.25, 0.3) is 16.9 Å². The fourth-order valence-corrected chi connectivity index (χ4v) is 2.05. The maximum absolute atomic E-state index is 5.16. The number of nitrogens with zero attached hydrogens (tertiary/aromatic N) is 2. The standard InChI is InChI=1S/C15H14N2O.BrH/c1-11-4-3-5-15-16-14(10-17(11)15)12-6-8-13(18-2)9-7-12;/h3-10H,1-2H3;1H/p-1. The molecule has 0 saturated heterocycles. The summed E-state index contributed by atoms with van der Waals surface area (Å²) >= 11 is 0. The molecule has 0 bridgehead atoms. The fraction of sp³-hybridized carbons (Fsp3) is 0.133. The van der Waals surface area contributed by atoms with E-state index in [4.69, 9.17) is 4.74 Å². The number of rotatable bonds is 2. The predicted molar refractivity (Wildman–Crippen MR) is 71.9 cm³/mol. The number of fused-ring (bicyclic) bond motifs is 1. The van der Waals surface area contributed by atoms with Gasteiger partial charge in [-0.15, -0.1) is 0 Å². The Kier molecular flexibility index (Phi) is 3.90. The van der Waals surface area contributed by atoms with Crippen LogP contribution in [0.2, 0.25) is 0 Å². The van der Waals surface area contributed by atoms with Gasteiger partial charge in [0.25, 0.3) is 0 Å². The van der Waals surface area contributed by atoms with Gasteiger partial charge in [0, 0.05) is 17.5 Å². The largest absolute Gasteiger partial charge is 1.00 e. The minimum absolute atomic E-state index is 0. The van der Waals surface area contributed by atoms with E-state index in [2.05, 4.69) is 28.6 Å². The highest BCUT2D eigenvalue weighted by atomic mass is 79.9. The van der Waals surface area contributed by atoms with E-state index in [-0.39, 0.29) is 17.0 Å². The Balaban J connectivity index is 0.00000133. The molecule has 0 spiro atoms. The van der Waals surface area contributed by atoms with Gasteiger partial charge in [0.15, 0.2) is 0 Å². The summed E-state index contributed by atoms with van der Waals surface area (Å²) in [6.45, 7) is 2.08. The van der Waals surface area contributed by atoms with E-state index in [1.807, 2.05) is 36.4 Å². The molecule has 0 radical (unpaired) electrons. The third-order valence-electron chi connectivity index (χ3n) is 3.08. The fourth-order valence-electron chi connectivity index (χ4n) is 2.05. The summed E-state index contributed by atoms with van der Waals surface area (Å²) in [5.41, 5.74) is 4.23. The lowest BCUT2D eigenvalue weighted by Gasteiger charge is -2.00. The zero-order valence-corrected chi connectivity index (χ0v) is 12.4. The number of pyridine rings is 1. The van der Waals surface area contributed by atoms with Crippen molar-refractivity contribution < 1.29 is 21.7 Å². The lowest BCUT2D eigenvalue weighted by atomic mass is 10.2. The maximum atomic E-state index is 5.16. The van der Waals surface area contributed by atoms with Crippen molar-refractivity contribution in [2.45, 2.75) is 6.92 Å². The molecule has 0 saturated carbocycles. The molecule has 4 heteroatoms. The van der Waals surface area contributed by atoms with Crippen molar-refractivity contribution in [1.82, 2.24) is 9.38 Å². The number of aryl methyl sites for hydroxylation is 1. The van der Waals surface area contributed by atoms with E-state index in [1.54, 1.807) is 7.11 Å². The van der Waals surface area contributed by atoms with Crippen molar-refractivity contribution in [3.63, 3.8) is 0 Å². The van der Waals surface area contributed by atoms with Gasteiger partial charge in [-0.1, -0.05) is 6.07 Å². The van der Waals surface area contributed by atoms with E-state index >= 15 is 0 Å². The van der Waals surface area contributed by atoms with E-state index in [0.717, 1.165) is 22.7 Å². The molecule has 0 amide bonds. The monoisotopic (exact) mass is 317 g/mol. The van der Waals surface area contributed by atoms with Gasteiger partial charge >= 0.3 is 0 Å². The molecule has 98 valence electrons. The van der Waals surface area contributed by atoms with Crippen LogP contribution in [0.3, 0.4) is 0 Å². The zero-order chi connectivity index (χ0) is 12.5. The van der Waals surface area contributed by atoms with Crippen molar-refractivity contribution in [3.05, 3.63) is 54.4 Å². The Morgan fingerprint density at radius 2 is 1.79 bits per heavy atom. The normalized spacial score (nSPS) is 10.2. The third kappa shape index (κ3) is 2.49. The number of ether oxygens (including phenoxy) is 1. The summed E-state index contributed by atoms with van der Waals surface area (Å²) in [5, 5.41) is 0. The number of benzene rings is 1. The number of aromatic nitrogens is 2. The molecule has 3 rings (SSSR count). The van der Waals surface area contributed by atoms with Crippen LogP contribution in [-0.4, -0.2) is 16.5 Å². The van der Waals surface area contributed by atoms with Gasteiger partial charge in [-0.3, -0.25) is 0 Å². The molecule has 1 aromatic carbocycles. The Morgan fingerprint density at radius 1 is 1.05 bits per heavy atom. The number of imidazole rings is 1. The third-order valence-corrected chi connectivity index (χ3v) is 3.08. The molecule has 0 N–H and O–H groups in total. The van der Waals surface area contributed by atoms with Crippen LogP contribution < -0.4 is 21.7 Å². The van der Waals surface area contributed by atoms with Crippen molar-refractivity contribution in [2.75, 3.05) is 7.11 Å². The smallest absolute Gasteiger partial charge is 0.137 e. The van der Waals surface area contributed by atoms with Crippen LogP contribution in [0.5, 0.6) is 5.75 Å². The highest BCUT2D eigenvalue weighted by Gasteiger charge is 2.05. The molecule has 0 unspecified atom stereocenters.